The molecular weight excluding hydrogens is 236 g/mol. The summed E-state index contributed by atoms with van der Waals surface area (Å²) >= 11 is 0. The summed E-state index contributed by atoms with van der Waals surface area (Å²) in [6.07, 6.45) is 0. The van der Waals surface area contributed by atoms with Crippen LogP contribution in [-0.2, 0) is 6.54 Å². The standard InChI is InChI=1S/C15H20N4/c1-11-12(2)18-15-9-13(3-4-14(15)17-11)10-19-7-5-16-6-8-19/h3-4,9,16H,5-8,10H2,1-2H3. The van der Waals surface area contributed by atoms with Gasteiger partial charge in [0, 0.05) is 32.7 Å². The topological polar surface area (TPSA) is 41.1 Å². The van der Waals surface area contributed by atoms with Gasteiger partial charge in [0.15, 0.2) is 0 Å². The van der Waals surface area contributed by atoms with Gasteiger partial charge in [-0.3, -0.25) is 4.90 Å². The average Bonchev–Trinajstić information content (AvgIpc) is 2.42. The zero-order valence-corrected chi connectivity index (χ0v) is 11.6. The summed E-state index contributed by atoms with van der Waals surface area (Å²) in [6, 6.07) is 6.44. The molecule has 1 N–H and O–H groups in total. The summed E-state index contributed by atoms with van der Waals surface area (Å²) in [5, 5.41) is 3.38. The molecule has 1 aromatic carbocycles. The molecule has 4 nitrogen and oxygen atoms in total. The zero-order chi connectivity index (χ0) is 13.2. The van der Waals surface area contributed by atoms with Crippen LogP contribution in [-0.4, -0.2) is 41.0 Å². The highest BCUT2D eigenvalue weighted by molar-refractivity contribution is 5.75. The predicted molar refractivity (Wildman–Crippen MR) is 77.2 cm³/mol. The number of hydrogen-bond acceptors (Lipinski definition) is 4. The number of benzene rings is 1. The van der Waals surface area contributed by atoms with Crippen LogP contribution >= 0.6 is 0 Å². The lowest BCUT2D eigenvalue weighted by Gasteiger charge is -2.27. The minimum absolute atomic E-state index is 0.993. The number of piperazine rings is 1. The zero-order valence-electron chi connectivity index (χ0n) is 11.6. The maximum atomic E-state index is 4.64. The third-order valence-electron chi connectivity index (χ3n) is 3.76. The van der Waals surface area contributed by atoms with Gasteiger partial charge in [-0.15, -0.1) is 0 Å². The Bertz CT molecular complexity index is 588. The summed E-state index contributed by atoms with van der Waals surface area (Å²) < 4.78 is 0. The highest BCUT2D eigenvalue weighted by Gasteiger charge is 2.10. The number of nitrogens with zero attached hydrogens (tertiary/aromatic N) is 3. The summed E-state index contributed by atoms with van der Waals surface area (Å²) in [5.74, 6) is 0. The minimum Gasteiger partial charge on any atom is -0.314 e. The van der Waals surface area contributed by atoms with Crippen LogP contribution in [0.5, 0.6) is 0 Å². The molecule has 1 aliphatic heterocycles. The smallest absolute Gasteiger partial charge is 0.0893 e. The molecule has 0 aliphatic carbocycles. The van der Waals surface area contributed by atoms with Gasteiger partial charge in [0.05, 0.1) is 22.4 Å². The van der Waals surface area contributed by atoms with Gasteiger partial charge in [-0.05, 0) is 31.5 Å². The van der Waals surface area contributed by atoms with E-state index in [-0.39, 0.29) is 0 Å². The van der Waals surface area contributed by atoms with Crippen molar-refractivity contribution in [3.05, 3.63) is 35.2 Å². The van der Waals surface area contributed by atoms with Gasteiger partial charge in [-0.1, -0.05) is 6.07 Å². The second kappa shape index (κ2) is 5.23. The molecule has 1 fully saturated rings. The van der Waals surface area contributed by atoms with Crippen molar-refractivity contribution in [3.8, 4) is 0 Å². The van der Waals surface area contributed by atoms with Gasteiger partial charge < -0.3 is 5.32 Å². The van der Waals surface area contributed by atoms with Crippen molar-refractivity contribution in [3.63, 3.8) is 0 Å². The van der Waals surface area contributed by atoms with Crippen molar-refractivity contribution in [1.29, 1.82) is 0 Å². The van der Waals surface area contributed by atoms with E-state index in [9.17, 15) is 0 Å². The van der Waals surface area contributed by atoms with Crippen molar-refractivity contribution in [2.45, 2.75) is 20.4 Å². The van der Waals surface area contributed by atoms with E-state index in [1.165, 1.54) is 5.56 Å². The minimum atomic E-state index is 0.993. The molecule has 4 heteroatoms. The molecule has 1 saturated heterocycles. The van der Waals surface area contributed by atoms with E-state index < -0.39 is 0 Å². The molecule has 0 amide bonds. The molecule has 0 bridgehead atoms. The van der Waals surface area contributed by atoms with E-state index in [2.05, 4.69) is 38.4 Å². The number of aryl methyl sites for hydroxylation is 2. The Kier molecular flexibility index (Phi) is 3.44. The lowest BCUT2D eigenvalue weighted by Crippen LogP contribution is -2.42. The Morgan fingerprint density at radius 1 is 1.05 bits per heavy atom. The summed E-state index contributed by atoms with van der Waals surface area (Å²) in [4.78, 5) is 11.7. The molecule has 0 spiro atoms. The number of fused-ring (bicyclic) bond motifs is 1. The quantitative estimate of drug-likeness (QED) is 0.887. The van der Waals surface area contributed by atoms with Crippen LogP contribution in [0.1, 0.15) is 17.0 Å². The number of hydrogen-bond donors (Lipinski definition) is 1. The Morgan fingerprint density at radius 2 is 1.74 bits per heavy atom. The molecule has 0 radical (unpaired) electrons. The molecule has 0 unspecified atom stereocenters. The third-order valence-corrected chi connectivity index (χ3v) is 3.76. The fraction of sp³-hybridized carbons (Fsp3) is 0.467. The van der Waals surface area contributed by atoms with Crippen LogP contribution in [0.25, 0.3) is 11.0 Å². The highest BCUT2D eigenvalue weighted by atomic mass is 15.2. The number of aromatic nitrogens is 2. The molecule has 100 valence electrons. The molecule has 1 aromatic heterocycles. The molecule has 0 saturated carbocycles. The fourth-order valence-electron chi connectivity index (χ4n) is 2.50. The summed E-state index contributed by atoms with van der Waals surface area (Å²) in [5.41, 5.74) is 5.36. The molecule has 3 rings (SSSR count). The molecule has 1 aliphatic rings. The van der Waals surface area contributed by atoms with E-state index in [0.29, 0.717) is 0 Å². The normalized spacial score (nSPS) is 16.9. The first-order valence-electron chi connectivity index (χ1n) is 6.89. The van der Waals surface area contributed by atoms with E-state index in [4.69, 9.17) is 0 Å². The van der Waals surface area contributed by atoms with Crippen LogP contribution in [0, 0.1) is 13.8 Å². The average molecular weight is 256 g/mol. The summed E-state index contributed by atoms with van der Waals surface area (Å²) in [6.45, 7) is 9.46. The van der Waals surface area contributed by atoms with Gasteiger partial charge in [0.1, 0.15) is 0 Å². The number of rotatable bonds is 2. The SMILES string of the molecule is Cc1nc2ccc(CN3CCNCC3)cc2nc1C. The first-order chi connectivity index (χ1) is 9.22. The van der Waals surface area contributed by atoms with E-state index in [0.717, 1.165) is 55.1 Å². The highest BCUT2D eigenvalue weighted by Crippen LogP contribution is 2.15. The van der Waals surface area contributed by atoms with Gasteiger partial charge >= 0.3 is 0 Å². The largest absolute Gasteiger partial charge is 0.314 e. The molecule has 19 heavy (non-hydrogen) atoms. The Hall–Kier alpha value is -1.52. The van der Waals surface area contributed by atoms with Crippen LogP contribution in [0.4, 0.5) is 0 Å². The van der Waals surface area contributed by atoms with Gasteiger partial charge in [0.25, 0.3) is 0 Å². The monoisotopic (exact) mass is 256 g/mol. The molecule has 0 atom stereocenters. The lowest BCUT2D eigenvalue weighted by molar-refractivity contribution is 0.233. The van der Waals surface area contributed by atoms with Crippen molar-refractivity contribution in [2.24, 2.45) is 0 Å². The van der Waals surface area contributed by atoms with E-state index >= 15 is 0 Å². The fourth-order valence-corrected chi connectivity index (χ4v) is 2.50. The van der Waals surface area contributed by atoms with Gasteiger partial charge in [-0.2, -0.15) is 0 Å². The Morgan fingerprint density at radius 3 is 2.47 bits per heavy atom. The van der Waals surface area contributed by atoms with Crippen molar-refractivity contribution >= 4 is 11.0 Å². The van der Waals surface area contributed by atoms with Crippen LogP contribution in [0.2, 0.25) is 0 Å². The van der Waals surface area contributed by atoms with Crippen molar-refractivity contribution in [2.75, 3.05) is 26.2 Å². The van der Waals surface area contributed by atoms with Gasteiger partial charge in [-0.25, -0.2) is 9.97 Å². The van der Waals surface area contributed by atoms with Crippen LogP contribution < -0.4 is 5.32 Å². The second-order valence-corrected chi connectivity index (χ2v) is 5.24. The third kappa shape index (κ3) is 2.74. The van der Waals surface area contributed by atoms with Crippen molar-refractivity contribution < 1.29 is 0 Å². The van der Waals surface area contributed by atoms with Crippen molar-refractivity contribution in [1.82, 2.24) is 20.2 Å². The lowest BCUT2D eigenvalue weighted by atomic mass is 10.1. The van der Waals surface area contributed by atoms with E-state index in [1.807, 2.05) is 13.8 Å². The Labute approximate surface area is 113 Å². The first kappa shape index (κ1) is 12.5. The first-order valence-corrected chi connectivity index (χ1v) is 6.89. The molecule has 2 heterocycles. The maximum Gasteiger partial charge on any atom is 0.0893 e. The Balaban J connectivity index is 1.86. The summed E-state index contributed by atoms with van der Waals surface area (Å²) in [7, 11) is 0. The molecular formula is C15H20N4. The van der Waals surface area contributed by atoms with Gasteiger partial charge in [0.2, 0.25) is 0 Å². The van der Waals surface area contributed by atoms with Crippen LogP contribution in [0.3, 0.4) is 0 Å². The van der Waals surface area contributed by atoms with Crippen LogP contribution in [0.15, 0.2) is 18.2 Å². The predicted octanol–water partition coefficient (Wildman–Crippen LogP) is 1.65. The second-order valence-electron chi connectivity index (χ2n) is 5.24. The number of nitrogens with one attached hydrogen (secondary N) is 1. The molecule has 2 aromatic rings. The van der Waals surface area contributed by atoms with E-state index in [1.54, 1.807) is 0 Å². The maximum absolute atomic E-state index is 4.64.